The van der Waals surface area contributed by atoms with Crippen molar-refractivity contribution in [1.82, 2.24) is 5.32 Å². The van der Waals surface area contributed by atoms with Gasteiger partial charge in [-0.25, -0.2) is 0 Å². The largest absolute Gasteiger partial charge is 0.486 e. The van der Waals surface area contributed by atoms with Crippen LogP contribution in [-0.4, -0.2) is 68.7 Å². The zero-order valence-corrected chi connectivity index (χ0v) is 13.9. The van der Waals surface area contributed by atoms with E-state index < -0.39 is 6.10 Å². The van der Waals surface area contributed by atoms with Gasteiger partial charge in [0, 0.05) is 0 Å². The molecule has 1 amide bonds. The number of rotatable bonds is 5. The van der Waals surface area contributed by atoms with Crippen molar-refractivity contribution in [3.63, 3.8) is 0 Å². The van der Waals surface area contributed by atoms with Crippen molar-refractivity contribution < 1.29 is 29.0 Å². The van der Waals surface area contributed by atoms with E-state index in [9.17, 15) is 9.90 Å². The fourth-order valence-corrected chi connectivity index (χ4v) is 2.93. The molecule has 24 heavy (non-hydrogen) atoms. The summed E-state index contributed by atoms with van der Waals surface area (Å²) < 4.78 is 16.8. The SMILES string of the molecule is C[C@H](NC(=O)[C@H](O)C[NH+]1CCOCC1)[C@@H]1COc2ccccc2O1. The third kappa shape index (κ3) is 4.17. The van der Waals surface area contributed by atoms with Gasteiger partial charge in [-0.15, -0.1) is 0 Å². The van der Waals surface area contributed by atoms with Gasteiger partial charge in [0.1, 0.15) is 26.2 Å². The lowest BCUT2D eigenvalue weighted by molar-refractivity contribution is -0.910. The second-order valence-corrected chi connectivity index (χ2v) is 6.29. The van der Waals surface area contributed by atoms with Crippen molar-refractivity contribution in [3.05, 3.63) is 24.3 Å². The summed E-state index contributed by atoms with van der Waals surface area (Å²) in [6.45, 7) is 5.59. The number of para-hydroxylation sites is 2. The van der Waals surface area contributed by atoms with Crippen molar-refractivity contribution in [2.45, 2.75) is 25.2 Å². The van der Waals surface area contributed by atoms with Gasteiger partial charge in [-0.3, -0.25) is 4.79 Å². The van der Waals surface area contributed by atoms with Gasteiger partial charge in [-0.05, 0) is 19.1 Å². The van der Waals surface area contributed by atoms with E-state index in [0.717, 1.165) is 13.1 Å². The zero-order chi connectivity index (χ0) is 16.9. The molecule has 7 nitrogen and oxygen atoms in total. The Kier molecular flexibility index (Phi) is 5.55. The van der Waals surface area contributed by atoms with E-state index in [-0.39, 0.29) is 18.1 Å². The Hall–Kier alpha value is -1.83. The number of hydrogen-bond acceptors (Lipinski definition) is 5. The van der Waals surface area contributed by atoms with Gasteiger partial charge in [-0.1, -0.05) is 12.1 Å². The minimum Gasteiger partial charge on any atom is -0.486 e. The molecule has 2 aliphatic rings. The number of ether oxygens (including phenoxy) is 3. The number of nitrogens with one attached hydrogen (secondary N) is 2. The lowest BCUT2D eigenvalue weighted by Gasteiger charge is -2.31. The molecule has 1 fully saturated rings. The molecule has 3 atom stereocenters. The van der Waals surface area contributed by atoms with Crippen LogP contribution in [-0.2, 0) is 9.53 Å². The molecule has 0 saturated carbocycles. The maximum atomic E-state index is 12.2. The highest BCUT2D eigenvalue weighted by molar-refractivity contribution is 5.80. The summed E-state index contributed by atoms with van der Waals surface area (Å²) in [6, 6.07) is 7.19. The number of carbonyl (C=O) groups excluding carboxylic acids is 1. The summed E-state index contributed by atoms with van der Waals surface area (Å²) in [4.78, 5) is 13.4. The highest BCUT2D eigenvalue weighted by Gasteiger charge is 2.30. The molecule has 132 valence electrons. The molecule has 0 unspecified atom stereocenters. The first kappa shape index (κ1) is 17.0. The number of carbonyl (C=O) groups is 1. The Morgan fingerprint density at radius 3 is 2.79 bits per heavy atom. The lowest BCUT2D eigenvalue weighted by Crippen LogP contribution is -3.15. The summed E-state index contributed by atoms with van der Waals surface area (Å²) in [5, 5.41) is 13.0. The molecule has 7 heteroatoms. The second-order valence-electron chi connectivity index (χ2n) is 6.29. The smallest absolute Gasteiger partial charge is 0.255 e. The van der Waals surface area contributed by atoms with Gasteiger partial charge < -0.3 is 29.5 Å². The van der Waals surface area contributed by atoms with Crippen LogP contribution >= 0.6 is 0 Å². The van der Waals surface area contributed by atoms with Crippen molar-refractivity contribution in [2.75, 3.05) is 39.5 Å². The standard InChI is InChI=1S/C17H24N2O5/c1-12(16-11-23-14-4-2-3-5-15(14)24-16)18-17(21)13(20)10-19-6-8-22-9-7-19/h2-5,12-13,16,20H,6-11H2,1H3,(H,18,21)/p+1/t12-,13+,16-/m0/s1. The monoisotopic (exact) mass is 337 g/mol. The maximum absolute atomic E-state index is 12.2. The Bertz CT molecular complexity index is 562. The average molecular weight is 337 g/mol. The number of fused-ring (bicyclic) bond motifs is 1. The van der Waals surface area contributed by atoms with E-state index in [1.165, 1.54) is 4.90 Å². The first-order valence-corrected chi connectivity index (χ1v) is 8.41. The van der Waals surface area contributed by atoms with Gasteiger partial charge in [-0.2, -0.15) is 0 Å². The van der Waals surface area contributed by atoms with Crippen molar-refractivity contribution in [1.29, 1.82) is 0 Å². The van der Waals surface area contributed by atoms with Crippen LogP contribution in [0.2, 0.25) is 0 Å². The highest BCUT2D eigenvalue weighted by Crippen LogP contribution is 2.31. The summed E-state index contributed by atoms with van der Waals surface area (Å²) in [7, 11) is 0. The van der Waals surface area contributed by atoms with Crippen LogP contribution in [0.4, 0.5) is 0 Å². The fourth-order valence-electron chi connectivity index (χ4n) is 2.93. The normalized spacial score (nSPS) is 23.3. The van der Waals surface area contributed by atoms with E-state index in [2.05, 4.69) is 5.32 Å². The Morgan fingerprint density at radius 2 is 2.04 bits per heavy atom. The Labute approximate surface area is 141 Å². The molecule has 0 spiro atoms. The van der Waals surface area contributed by atoms with Crippen LogP contribution < -0.4 is 19.7 Å². The Balaban J connectivity index is 1.49. The molecule has 3 N–H and O–H groups in total. The van der Waals surface area contributed by atoms with Crippen LogP contribution in [0.1, 0.15) is 6.92 Å². The van der Waals surface area contributed by atoms with Crippen molar-refractivity contribution in [2.24, 2.45) is 0 Å². The number of amides is 1. The molecular weight excluding hydrogens is 312 g/mol. The molecule has 1 saturated heterocycles. The molecular formula is C17H25N2O5+. The minimum absolute atomic E-state index is 0.264. The van der Waals surface area contributed by atoms with Crippen LogP contribution in [0.3, 0.4) is 0 Å². The molecule has 0 aliphatic carbocycles. The summed E-state index contributed by atoms with van der Waals surface area (Å²) in [6.07, 6.45) is -1.32. The van der Waals surface area contributed by atoms with Crippen LogP contribution in [0.5, 0.6) is 11.5 Å². The molecule has 2 aliphatic heterocycles. The van der Waals surface area contributed by atoms with Gasteiger partial charge in [0.05, 0.1) is 19.3 Å². The van der Waals surface area contributed by atoms with Gasteiger partial charge in [0.25, 0.3) is 5.91 Å². The third-order valence-electron chi connectivity index (χ3n) is 4.44. The molecule has 0 aromatic heterocycles. The lowest BCUT2D eigenvalue weighted by atomic mass is 10.1. The zero-order valence-electron chi connectivity index (χ0n) is 13.9. The number of hydrogen-bond donors (Lipinski definition) is 3. The molecule has 1 aromatic carbocycles. The molecule has 1 aromatic rings. The summed E-state index contributed by atoms with van der Waals surface area (Å²) >= 11 is 0. The molecule has 0 radical (unpaired) electrons. The number of benzene rings is 1. The van der Waals surface area contributed by atoms with Gasteiger partial charge in [0.15, 0.2) is 23.7 Å². The van der Waals surface area contributed by atoms with E-state index in [1.54, 1.807) is 0 Å². The van der Waals surface area contributed by atoms with Crippen molar-refractivity contribution in [3.8, 4) is 11.5 Å². The summed E-state index contributed by atoms with van der Waals surface area (Å²) in [5.41, 5.74) is 0. The van der Waals surface area contributed by atoms with Gasteiger partial charge >= 0.3 is 0 Å². The first-order chi connectivity index (χ1) is 11.6. The predicted molar refractivity (Wildman–Crippen MR) is 86.3 cm³/mol. The van der Waals surface area contributed by atoms with Gasteiger partial charge in [0.2, 0.25) is 0 Å². The van der Waals surface area contributed by atoms with Crippen LogP contribution in [0.15, 0.2) is 24.3 Å². The fraction of sp³-hybridized carbons (Fsp3) is 0.588. The van der Waals surface area contributed by atoms with E-state index in [1.807, 2.05) is 31.2 Å². The predicted octanol–water partition coefficient (Wildman–Crippen LogP) is -1.39. The van der Waals surface area contributed by atoms with E-state index in [0.29, 0.717) is 37.9 Å². The number of quaternary nitrogens is 1. The molecule has 2 heterocycles. The third-order valence-corrected chi connectivity index (χ3v) is 4.44. The van der Waals surface area contributed by atoms with Crippen molar-refractivity contribution >= 4 is 5.91 Å². The topological polar surface area (TPSA) is 81.5 Å². The maximum Gasteiger partial charge on any atom is 0.255 e. The van der Waals surface area contributed by atoms with E-state index in [4.69, 9.17) is 14.2 Å². The first-order valence-electron chi connectivity index (χ1n) is 8.41. The average Bonchev–Trinajstić information content (AvgIpc) is 2.62. The highest BCUT2D eigenvalue weighted by atomic mass is 16.6. The summed E-state index contributed by atoms with van der Waals surface area (Å²) in [5.74, 6) is 1.01. The quantitative estimate of drug-likeness (QED) is 0.616. The second kappa shape index (κ2) is 7.83. The number of aliphatic hydroxyl groups is 1. The van der Waals surface area contributed by atoms with Crippen LogP contribution in [0.25, 0.3) is 0 Å². The molecule has 0 bridgehead atoms. The van der Waals surface area contributed by atoms with E-state index >= 15 is 0 Å². The van der Waals surface area contributed by atoms with Crippen LogP contribution in [0, 0.1) is 0 Å². The number of morpholine rings is 1. The molecule has 3 rings (SSSR count). The Morgan fingerprint density at radius 1 is 1.33 bits per heavy atom. The minimum atomic E-state index is -1.03. The number of aliphatic hydroxyl groups excluding tert-OH is 1.